The monoisotopic (exact) mass is 353 g/mol. The highest BCUT2D eigenvalue weighted by Gasteiger charge is 2.40. The van der Waals surface area contributed by atoms with E-state index in [4.69, 9.17) is 9.15 Å². The van der Waals surface area contributed by atoms with Crippen molar-refractivity contribution in [2.24, 2.45) is 0 Å². The average molecular weight is 353 g/mol. The molecule has 2 heterocycles. The summed E-state index contributed by atoms with van der Waals surface area (Å²) in [5.74, 6) is -0.732. The van der Waals surface area contributed by atoms with Gasteiger partial charge in [0.15, 0.2) is 28.0 Å². The van der Waals surface area contributed by atoms with Gasteiger partial charge < -0.3 is 14.1 Å². The third kappa shape index (κ3) is 3.59. The Balaban J connectivity index is 1.49. The zero-order chi connectivity index (χ0) is 17.2. The smallest absolute Gasteiger partial charge is 0.260 e. The van der Waals surface area contributed by atoms with E-state index in [0.717, 1.165) is 0 Å². The van der Waals surface area contributed by atoms with Crippen LogP contribution in [-0.2, 0) is 20.4 Å². The predicted octanol–water partition coefficient (Wildman–Crippen LogP) is 1.62. The molecule has 2 aromatic rings. The fraction of sp³-hybridized carbons (Fsp3) is 0.312. The second-order valence-electron chi connectivity index (χ2n) is 5.53. The second kappa shape index (κ2) is 6.64. The summed E-state index contributed by atoms with van der Waals surface area (Å²) in [6.07, 6.45) is 1.42. The van der Waals surface area contributed by atoms with Crippen LogP contribution in [0.25, 0.3) is 0 Å². The summed E-state index contributed by atoms with van der Waals surface area (Å²) in [5, 5.41) is -0.611. The van der Waals surface area contributed by atoms with E-state index < -0.39 is 20.9 Å². The zero-order valence-electron chi connectivity index (χ0n) is 12.7. The standard InChI is InChI=1S/C16H16FNO5S/c17-14-5-1-2-6-15(14)23-10-16(19)18-8-13(9-18)24(20,21)11-12-4-3-7-22-12/h1-7,13H,8-11H2. The molecule has 1 saturated heterocycles. The van der Waals surface area contributed by atoms with Gasteiger partial charge in [0.05, 0.1) is 11.5 Å². The van der Waals surface area contributed by atoms with E-state index >= 15 is 0 Å². The number of benzene rings is 1. The van der Waals surface area contributed by atoms with Crippen molar-refractivity contribution < 1.29 is 26.8 Å². The quantitative estimate of drug-likeness (QED) is 0.789. The molecule has 0 unspecified atom stereocenters. The van der Waals surface area contributed by atoms with Gasteiger partial charge in [-0.2, -0.15) is 0 Å². The van der Waals surface area contributed by atoms with Crippen molar-refractivity contribution in [3.8, 4) is 5.75 Å². The van der Waals surface area contributed by atoms with Gasteiger partial charge >= 0.3 is 0 Å². The fourth-order valence-electron chi connectivity index (χ4n) is 2.37. The fourth-order valence-corrected chi connectivity index (χ4v) is 3.98. The van der Waals surface area contributed by atoms with Crippen molar-refractivity contribution in [3.63, 3.8) is 0 Å². The minimum atomic E-state index is -3.38. The van der Waals surface area contributed by atoms with E-state index in [9.17, 15) is 17.6 Å². The third-order valence-electron chi connectivity index (χ3n) is 3.82. The first-order valence-electron chi connectivity index (χ1n) is 7.35. The summed E-state index contributed by atoms with van der Waals surface area (Å²) in [5.41, 5.74) is 0. The number of rotatable bonds is 6. The molecular weight excluding hydrogens is 337 g/mol. The van der Waals surface area contributed by atoms with E-state index in [1.807, 2.05) is 0 Å². The minimum Gasteiger partial charge on any atom is -0.481 e. The molecule has 8 heteroatoms. The number of hydrogen-bond acceptors (Lipinski definition) is 5. The Morgan fingerprint density at radius 3 is 2.67 bits per heavy atom. The number of amides is 1. The molecule has 0 atom stereocenters. The van der Waals surface area contributed by atoms with Crippen LogP contribution >= 0.6 is 0 Å². The highest BCUT2D eigenvalue weighted by Crippen LogP contribution is 2.21. The lowest BCUT2D eigenvalue weighted by molar-refractivity contribution is -0.136. The van der Waals surface area contributed by atoms with E-state index in [-0.39, 0.29) is 37.1 Å². The Labute approximate surface area is 138 Å². The number of ether oxygens (including phenoxy) is 1. The van der Waals surface area contributed by atoms with Crippen LogP contribution in [0.2, 0.25) is 0 Å². The van der Waals surface area contributed by atoms with E-state index in [0.29, 0.717) is 5.76 Å². The van der Waals surface area contributed by atoms with E-state index in [1.165, 1.54) is 29.4 Å². The largest absolute Gasteiger partial charge is 0.481 e. The van der Waals surface area contributed by atoms with Crippen LogP contribution < -0.4 is 4.74 Å². The lowest BCUT2D eigenvalue weighted by atomic mass is 10.2. The molecule has 1 fully saturated rings. The number of para-hydroxylation sites is 1. The summed E-state index contributed by atoms with van der Waals surface area (Å²) in [4.78, 5) is 13.3. The Hall–Kier alpha value is -2.35. The van der Waals surface area contributed by atoms with Crippen LogP contribution in [0.15, 0.2) is 47.1 Å². The highest BCUT2D eigenvalue weighted by molar-refractivity contribution is 7.91. The molecule has 1 aromatic heterocycles. The van der Waals surface area contributed by atoms with Crippen LogP contribution in [0.4, 0.5) is 4.39 Å². The number of carbonyl (C=O) groups excluding carboxylic acids is 1. The van der Waals surface area contributed by atoms with Crippen LogP contribution in [0.1, 0.15) is 5.76 Å². The van der Waals surface area contributed by atoms with Gasteiger partial charge in [0.1, 0.15) is 11.5 Å². The number of hydrogen-bond donors (Lipinski definition) is 0. The van der Waals surface area contributed by atoms with Gasteiger partial charge in [-0.05, 0) is 24.3 Å². The number of nitrogens with zero attached hydrogens (tertiary/aromatic N) is 1. The lowest BCUT2D eigenvalue weighted by Crippen LogP contribution is -2.58. The van der Waals surface area contributed by atoms with Crippen molar-refractivity contribution in [1.29, 1.82) is 0 Å². The van der Waals surface area contributed by atoms with Gasteiger partial charge in [0.25, 0.3) is 5.91 Å². The van der Waals surface area contributed by atoms with Crippen molar-refractivity contribution in [1.82, 2.24) is 4.90 Å². The number of sulfone groups is 1. The predicted molar refractivity (Wildman–Crippen MR) is 83.6 cm³/mol. The zero-order valence-corrected chi connectivity index (χ0v) is 13.5. The maximum Gasteiger partial charge on any atom is 0.260 e. The van der Waals surface area contributed by atoms with Crippen LogP contribution in [-0.4, -0.2) is 44.2 Å². The van der Waals surface area contributed by atoms with Crippen molar-refractivity contribution in [3.05, 3.63) is 54.2 Å². The second-order valence-corrected chi connectivity index (χ2v) is 7.81. The molecule has 0 saturated carbocycles. The molecule has 128 valence electrons. The van der Waals surface area contributed by atoms with Crippen LogP contribution in [0, 0.1) is 5.82 Å². The number of carbonyl (C=O) groups is 1. The summed E-state index contributed by atoms with van der Waals surface area (Å²) in [6, 6.07) is 9.01. The normalized spacial score (nSPS) is 15.1. The van der Waals surface area contributed by atoms with Gasteiger partial charge in [0, 0.05) is 13.1 Å². The first kappa shape index (κ1) is 16.5. The number of halogens is 1. The average Bonchev–Trinajstić information content (AvgIpc) is 2.96. The first-order chi connectivity index (χ1) is 11.5. The Bertz CT molecular complexity index is 813. The molecule has 1 aliphatic heterocycles. The molecule has 0 bridgehead atoms. The molecule has 0 radical (unpaired) electrons. The molecule has 1 aromatic carbocycles. The topological polar surface area (TPSA) is 76.8 Å². The molecule has 6 nitrogen and oxygen atoms in total. The Morgan fingerprint density at radius 1 is 1.25 bits per heavy atom. The van der Waals surface area contributed by atoms with Gasteiger partial charge in [-0.3, -0.25) is 4.79 Å². The van der Waals surface area contributed by atoms with Gasteiger partial charge in [-0.15, -0.1) is 0 Å². The molecular formula is C16H16FNO5S. The maximum absolute atomic E-state index is 13.4. The summed E-state index contributed by atoms with van der Waals surface area (Å²) < 4.78 is 48.0. The van der Waals surface area contributed by atoms with Crippen molar-refractivity contribution >= 4 is 15.7 Å². The van der Waals surface area contributed by atoms with Gasteiger partial charge in [0.2, 0.25) is 0 Å². The molecule has 24 heavy (non-hydrogen) atoms. The van der Waals surface area contributed by atoms with Crippen molar-refractivity contribution in [2.45, 2.75) is 11.0 Å². The van der Waals surface area contributed by atoms with Gasteiger partial charge in [-0.25, -0.2) is 12.8 Å². The van der Waals surface area contributed by atoms with Crippen molar-refractivity contribution in [2.75, 3.05) is 19.7 Å². The minimum absolute atomic E-state index is 0.00614. The van der Waals surface area contributed by atoms with Crippen LogP contribution in [0.5, 0.6) is 5.75 Å². The first-order valence-corrected chi connectivity index (χ1v) is 9.06. The number of likely N-dealkylation sites (tertiary alicyclic amines) is 1. The third-order valence-corrected chi connectivity index (χ3v) is 5.82. The summed E-state index contributed by atoms with van der Waals surface area (Å²) in [7, 11) is -3.38. The highest BCUT2D eigenvalue weighted by atomic mass is 32.2. The van der Waals surface area contributed by atoms with E-state index in [1.54, 1.807) is 18.2 Å². The van der Waals surface area contributed by atoms with E-state index in [2.05, 4.69) is 0 Å². The molecule has 1 aliphatic rings. The summed E-state index contributed by atoms with van der Waals surface area (Å²) >= 11 is 0. The van der Waals surface area contributed by atoms with Crippen LogP contribution in [0.3, 0.4) is 0 Å². The number of furan rings is 1. The SMILES string of the molecule is O=C(COc1ccccc1F)N1CC(S(=O)(=O)Cc2ccco2)C1. The molecule has 0 spiro atoms. The lowest BCUT2D eigenvalue weighted by Gasteiger charge is -2.38. The van der Waals surface area contributed by atoms with Gasteiger partial charge in [-0.1, -0.05) is 12.1 Å². The Morgan fingerprint density at radius 2 is 2.00 bits per heavy atom. The molecule has 3 rings (SSSR count). The molecule has 1 amide bonds. The Kier molecular flexibility index (Phi) is 4.57. The molecule has 0 N–H and O–H groups in total. The molecule has 0 aliphatic carbocycles. The maximum atomic E-state index is 13.4. The summed E-state index contributed by atoms with van der Waals surface area (Å²) in [6.45, 7) is -0.100.